The summed E-state index contributed by atoms with van der Waals surface area (Å²) in [6.45, 7) is 7.17. The molecule has 3 amide bonds. The van der Waals surface area contributed by atoms with E-state index in [0.717, 1.165) is 0 Å². The topological polar surface area (TPSA) is 144 Å². The van der Waals surface area contributed by atoms with Crippen molar-refractivity contribution < 1.29 is 18.9 Å². The minimum Gasteiger partial charge on any atom is -0.381 e. The number of nitrogens with one attached hydrogen (secondary N) is 2. The van der Waals surface area contributed by atoms with Crippen LogP contribution in [-0.4, -0.2) is 37.2 Å². The number of aryl methyl sites for hydroxylation is 4. The number of amides is 3. The monoisotopic (exact) mass is 605 g/mol. The average Bonchev–Trinajstić information content (AvgIpc) is 3.58. The summed E-state index contributed by atoms with van der Waals surface area (Å²) in [7, 11) is 3.30. The first-order valence-corrected chi connectivity index (χ1v) is 14.2. The first-order chi connectivity index (χ1) is 21.3. The highest BCUT2D eigenvalue weighted by Gasteiger charge is 2.47. The zero-order valence-electron chi connectivity index (χ0n) is 25.6. The lowest BCUT2D eigenvalue weighted by Gasteiger charge is -2.33. The molecule has 0 saturated heterocycles. The molecule has 0 fully saturated rings. The van der Waals surface area contributed by atoms with Gasteiger partial charge < -0.3 is 15.2 Å². The van der Waals surface area contributed by atoms with Gasteiger partial charge in [0.15, 0.2) is 5.82 Å². The van der Waals surface area contributed by atoms with E-state index in [9.17, 15) is 19.2 Å². The lowest BCUT2D eigenvalue weighted by atomic mass is 9.91. The van der Waals surface area contributed by atoms with Gasteiger partial charge in [-0.3, -0.25) is 28.8 Å². The van der Waals surface area contributed by atoms with Crippen LogP contribution >= 0.6 is 0 Å². The molecule has 12 nitrogen and oxygen atoms in total. The van der Waals surface area contributed by atoms with Gasteiger partial charge in [-0.1, -0.05) is 18.2 Å². The standard InChI is InChI=1S/C33H31N7O5/c1-18-16-24-27(28(34-18)30(42)35-22-9-7-8-21(17-22)29(41)36-25-14-15-38(5)37-25)33(3,4)40(31(24)43)23-12-10-20(11-13-23)26-19(2)45-39(6)32(26)44/h7-17H,1-6H3,(H,35,42)(H,36,37,41). The molecular weight excluding hydrogens is 574 g/mol. The summed E-state index contributed by atoms with van der Waals surface area (Å²) >= 11 is 0. The number of aromatic nitrogens is 4. The van der Waals surface area contributed by atoms with E-state index in [4.69, 9.17) is 4.52 Å². The van der Waals surface area contributed by atoms with Crippen molar-refractivity contribution in [2.75, 3.05) is 15.5 Å². The largest absolute Gasteiger partial charge is 0.381 e. The van der Waals surface area contributed by atoms with Crippen molar-refractivity contribution in [2.45, 2.75) is 33.2 Å². The molecule has 6 rings (SSSR count). The lowest BCUT2D eigenvalue weighted by Crippen LogP contribution is -2.40. The predicted octanol–water partition coefficient (Wildman–Crippen LogP) is 4.79. The van der Waals surface area contributed by atoms with E-state index in [-0.39, 0.29) is 23.1 Å². The summed E-state index contributed by atoms with van der Waals surface area (Å²) < 4.78 is 8.18. The van der Waals surface area contributed by atoms with Crippen LogP contribution in [0.4, 0.5) is 17.2 Å². The highest BCUT2D eigenvalue weighted by molar-refractivity contribution is 6.15. The zero-order chi connectivity index (χ0) is 32.2. The Bertz CT molecular complexity index is 2070. The molecule has 0 saturated carbocycles. The fourth-order valence-electron chi connectivity index (χ4n) is 5.85. The van der Waals surface area contributed by atoms with Crippen molar-refractivity contribution in [1.82, 2.24) is 19.5 Å². The van der Waals surface area contributed by atoms with Crippen molar-refractivity contribution >= 4 is 34.9 Å². The lowest BCUT2D eigenvalue weighted by molar-refractivity contribution is 0.0978. The number of hydrogen-bond acceptors (Lipinski definition) is 7. The second-order valence-corrected chi connectivity index (χ2v) is 11.5. The number of carbonyl (C=O) groups is 3. The Morgan fingerprint density at radius 1 is 0.911 bits per heavy atom. The molecule has 45 heavy (non-hydrogen) atoms. The Hall–Kier alpha value is -5.78. The van der Waals surface area contributed by atoms with E-state index < -0.39 is 11.4 Å². The Labute approximate surface area is 258 Å². The van der Waals surface area contributed by atoms with E-state index >= 15 is 0 Å². The molecule has 0 aliphatic carbocycles. The highest BCUT2D eigenvalue weighted by Crippen LogP contribution is 2.44. The fraction of sp³-hybridized carbons (Fsp3) is 0.212. The van der Waals surface area contributed by atoms with E-state index in [1.165, 1.54) is 4.74 Å². The molecule has 0 atom stereocenters. The average molecular weight is 606 g/mol. The molecule has 4 heterocycles. The molecule has 1 aliphatic rings. The molecule has 0 bridgehead atoms. The highest BCUT2D eigenvalue weighted by atomic mass is 16.5. The van der Waals surface area contributed by atoms with Crippen LogP contribution in [0.25, 0.3) is 11.1 Å². The van der Waals surface area contributed by atoms with Crippen LogP contribution < -0.4 is 21.1 Å². The van der Waals surface area contributed by atoms with Gasteiger partial charge >= 0.3 is 0 Å². The summed E-state index contributed by atoms with van der Waals surface area (Å²) in [6, 6.07) is 17.0. The van der Waals surface area contributed by atoms with Gasteiger partial charge in [0.05, 0.1) is 11.1 Å². The van der Waals surface area contributed by atoms with E-state index in [1.807, 2.05) is 13.8 Å². The second-order valence-electron chi connectivity index (χ2n) is 11.5. The first-order valence-electron chi connectivity index (χ1n) is 14.2. The molecule has 2 N–H and O–H groups in total. The molecule has 2 aromatic carbocycles. The summed E-state index contributed by atoms with van der Waals surface area (Å²) in [5.74, 6) is -0.260. The summed E-state index contributed by atoms with van der Waals surface area (Å²) in [5, 5.41) is 9.74. The number of nitrogens with zero attached hydrogens (tertiary/aromatic N) is 5. The minimum absolute atomic E-state index is 0.114. The van der Waals surface area contributed by atoms with Crippen LogP contribution in [0.3, 0.4) is 0 Å². The molecule has 12 heteroatoms. The Morgan fingerprint density at radius 3 is 2.29 bits per heavy atom. The molecule has 228 valence electrons. The van der Waals surface area contributed by atoms with E-state index in [1.54, 1.807) is 104 Å². The van der Waals surface area contributed by atoms with Crippen molar-refractivity contribution in [3.8, 4) is 11.1 Å². The van der Waals surface area contributed by atoms with Gasteiger partial charge in [0.2, 0.25) is 0 Å². The van der Waals surface area contributed by atoms with Gasteiger partial charge in [-0.05, 0) is 69.7 Å². The van der Waals surface area contributed by atoms with Crippen molar-refractivity contribution in [2.24, 2.45) is 14.1 Å². The third kappa shape index (κ3) is 5.09. The summed E-state index contributed by atoms with van der Waals surface area (Å²) in [6.07, 6.45) is 1.72. The van der Waals surface area contributed by atoms with Crippen LogP contribution in [0.15, 0.2) is 76.2 Å². The number of rotatable bonds is 6. The van der Waals surface area contributed by atoms with Gasteiger partial charge in [-0.15, -0.1) is 0 Å². The Morgan fingerprint density at radius 2 is 1.64 bits per heavy atom. The maximum absolute atomic E-state index is 13.9. The number of carbonyl (C=O) groups excluding carboxylic acids is 3. The van der Waals surface area contributed by atoms with Crippen LogP contribution in [0, 0.1) is 13.8 Å². The van der Waals surface area contributed by atoms with Crippen molar-refractivity contribution in [1.29, 1.82) is 0 Å². The van der Waals surface area contributed by atoms with Crippen LogP contribution in [0.1, 0.15) is 62.1 Å². The summed E-state index contributed by atoms with van der Waals surface area (Å²) in [4.78, 5) is 59.2. The maximum atomic E-state index is 13.9. The number of pyridine rings is 1. The molecule has 0 unspecified atom stereocenters. The van der Waals surface area contributed by atoms with Crippen LogP contribution in [0.2, 0.25) is 0 Å². The second kappa shape index (κ2) is 10.7. The number of anilines is 3. The fourth-order valence-corrected chi connectivity index (χ4v) is 5.85. The van der Waals surface area contributed by atoms with Gasteiger partial charge in [0.1, 0.15) is 11.5 Å². The molecule has 0 spiro atoms. The summed E-state index contributed by atoms with van der Waals surface area (Å²) in [5.41, 5.74) is 2.73. The molecule has 5 aromatic rings. The van der Waals surface area contributed by atoms with Gasteiger partial charge in [-0.25, -0.2) is 4.98 Å². The minimum atomic E-state index is -0.951. The van der Waals surface area contributed by atoms with Crippen molar-refractivity contribution in [3.05, 3.63) is 111 Å². The smallest absolute Gasteiger partial charge is 0.290 e. The molecule has 3 aromatic heterocycles. The SMILES string of the molecule is Cc1cc2c(c(C(=O)Nc3cccc(C(=O)Nc4ccn(C)n4)c3)n1)C(C)(C)N(c1ccc(-c3c(C)on(C)c3=O)cc1)C2=O. The third-order valence-corrected chi connectivity index (χ3v) is 7.84. The van der Waals surface area contributed by atoms with Crippen LogP contribution in [0.5, 0.6) is 0 Å². The van der Waals surface area contributed by atoms with Gasteiger partial charge in [0.25, 0.3) is 23.3 Å². The Balaban J connectivity index is 1.29. The number of benzene rings is 2. The number of hydrogen-bond donors (Lipinski definition) is 2. The van der Waals surface area contributed by atoms with E-state index in [2.05, 4.69) is 20.7 Å². The normalized spacial score (nSPS) is 13.6. The van der Waals surface area contributed by atoms with Gasteiger partial charge in [0, 0.05) is 60.1 Å². The van der Waals surface area contributed by atoms with Crippen LogP contribution in [-0.2, 0) is 19.6 Å². The van der Waals surface area contributed by atoms with E-state index in [0.29, 0.717) is 56.5 Å². The molecule has 1 aliphatic heterocycles. The third-order valence-electron chi connectivity index (χ3n) is 7.84. The molecular formula is C33H31N7O5. The van der Waals surface area contributed by atoms with Crippen molar-refractivity contribution in [3.63, 3.8) is 0 Å². The predicted molar refractivity (Wildman–Crippen MR) is 168 cm³/mol. The van der Waals surface area contributed by atoms with Gasteiger partial charge in [-0.2, -0.15) is 9.84 Å². The number of fused-ring (bicyclic) bond motifs is 1. The quantitative estimate of drug-likeness (QED) is 0.283. The first kappa shape index (κ1) is 29.3. The molecule has 0 radical (unpaired) electrons. The Kier molecular flexibility index (Phi) is 6.99. The maximum Gasteiger partial charge on any atom is 0.290 e. The zero-order valence-corrected chi connectivity index (χ0v) is 25.6.